The summed E-state index contributed by atoms with van der Waals surface area (Å²) in [5.41, 5.74) is 7.68. The Morgan fingerprint density at radius 1 is 1.38 bits per heavy atom. The minimum atomic E-state index is -0.334. The van der Waals surface area contributed by atoms with Crippen LogP contribution in [0.1, 0.15) is 37.3 Å². The second-order valence-corrected chi connectivity index (χ2v) is 5.57. The minimum absolute atomic E-state index is 0. The molecule has 1 aromatic rings. The number of halogens is 1. The van der Waals surface area contributed by atoms with Gasteiger partial charge in [0.25, 0.3) is 0 Å². The number of hydrogen-bond donors (Lipinski definition) is 3. The van der Waals surface area contributed by atoms with Gasteiger partial charge in [-0.15, -0.1) is 12.4 Å². The largest absolute Gasteiger partial charge is 0.466 e. The Labute approximate surface area is 158 Å². The Hall–Kier alpha value is -2.61. The van der Waals surface area contributed by atoms with Gasteiger partial charge in [0, 0.05) is 18.5 Å². The van der Waals surface area contributed by atoms with Crippen molar-refractivity contribution in [2.75, 3.05) is 13.2 Å². The molecule has 9 heteroatoms. The fourth-order valence-corrected chi connectivity index (χ4v) is 2.37. The van der Waals surface area contributed by atoms with Crippen molar-refractivity contribution in [3.8, 4) is 0 Å². The fourth-order valence-electron chi connectivity index (χ4n) is 2.37. The number of carbonyl (C=O) groups excluding carboxylic acids is 2. The van der Waals surface area contributed by atoms with Gasteiger partial charge in [0.2, 0.25) is 5.91 Å². The van der Waals surface area contributed by atoms with Gasteiger partial charge in [0.05, 0.1) is 25.2 Å². The topological polar surface area (TPSA) is 127 Å². The monoisotopic (exact) mass is 382 g/mol. The van der Waals surface area contributed by atoms with Crippen LogP contribution in [0.3, 0.4) is 0 Å². The maximum absolute atomic E-state index is 11.9. The van der Waals surface area contributed by atoms with Gasteiger partial charge in [-0.2, -0.15) is 0 Å². The van der Waals surface area contributed by atoms with Crippen molar-refractivity contribution in [3.05, 3.63) is 35.4 Å². The van der Waals surface area contributed by atoms with Crippen molar-refractivity contribution in [1.29, 1.82) is 5.41 Å². The first-order valence-corrected chi connectivity index (χ1v) is 8.09. The molecule has 1 aliphatic rings. The number of amides is 1. The van der Waals surface area contributed by atoms with E-state index in [4.69, 9.17) is 20.7 Å². The number of ether oxygens (including phenoxy) is 1. The SMILES string of the molecule is CCOC(=O)CCNC(=O)CC1CC(c2ccc(C(=N)N)cc2)=NO1.Cl. The molecule has 2 rings (SSSR count). The van der Waals surface area contributed by atoms with Gasteiger partial charge in [-0.05, 0) is 12.5 Å². The van der Waals surface area contributed by atoms with Crippen LogP contribution >= 0.6 is 12.4 Å². The summed E-state index contributed by atoms with van der Waals surface area (Å²) in [6.07, 6.45) is 0.506. The maximum Gasteiger partial charge on any atom is 0.307 e. The van der Waals surface area contributed by atoms with E-state index in [2.05, 4.69) is 10.5 Å². The molecule has 1 atom stereocenters. The number of hydrogen-bond acceptors (Lipinski definition) is 6. The van der Waals surface area contributed by atoms with E-state index in [1.165, 1.54) is 0 Å². The van der Waals surface area contributed by atoms with E-state index in [0.29, 0.717) is 18.6 Å². The summed E-state index contributed by atoms with van der Waals surface area (Å²) in [7, 11) is 0. The molecule has 0 radical (unpaired) electrons. The predicted molar refractivity (Wildman–Crippen MR) is 99.6 cm³/mol. The first kappa shape index (κ1) is 21.4. The van der Waals surface area contributed by atoms with Gasteiger partial charge in [-0.3, -0.25) is 15.0 Å². The molecule has 0 fully saturated rings. The van der Waals surface area contributed by atoms with Crippen molar-refractivity contribution in [2.45, 2.75) is 32.3 Å². The lowest BCUT2D eigenvalue weighted by Crippen LogP contribution is -2.29. The van der Waals surface area contributed by atoms with Gasteiger partial charge >= 0.3 is 5.97 Å². The molecule has 0 aliphatic carbocycles. The molecule has 0 saturated heterocycles. The van der Waals surface area contributed by atoms with Gasteiger partial charge in [0.1, 0.15) is 11.9 Å². The second-order valence-electron chi connectivity index (χ2n) is 5.57. The highest BCUT2D eigenvalue weighted by molar-refractivity contribution is 6.02. The number of amidine groups is 1. The van der Waals surface area contributed by atoms with Crippen molar-refractivity contribution >= 4 is 35.8 Å². The number of nitrogens with zero attached hydrogens (tertiary/aromatic N) is 1. The first-order chi connectivity index (χ1) is 12.0. The van der Waals surface area contributed by atoms with Crippen LogP contribution in [-0.4, -0.2) is 42.7 Å². The Kier molecular flexibility index (Phi) is 8.57. The third kappa shape index (κ3) is 6.36. The summed E-state index contributed by atoms with van der Waals surface area (Å²) in [4.78, 5) is 28.4. The van der Waals surface area contributed by atoms with E-state index in [-0.39, 0.29) is 55.6 Å². The molecular formula is C17H23ClN4O4. The summed E-state index contributed by atoms with van der Waals surface area (Å²) in [6, 6.07) is 7.13. The zero-order chi connectivity index (χ0) is 18.2. The van der Waals surface area contributed by atoms with E-state index in [1.54, 1.807) is 19.1 Å². The zero-order valence-electron chi connectivity index (χ0n) is 14.5. The summed E-state index contributed by atoms with van der Waals surface area (Å²) in [6.45, 7) is 2.31. The van der Waals surface area contributed by atoms with Crippen molar-refractivity contribution in [1.82, 2.24) is 5.32 Å². The number of nitrogen functional groups attached to an aromatic ring is 1. The van der Waals surface area contributed by atoms with E-state index >= 15 is 0 Å². The summed E-state index contributed by atoms with van der Waals surface area (Å²) >= 11 is 0. The molecule has 0 spiro atoms. The number of nitrogens with two attached hydrogens (primary N) is 1. The summed E-state index contributed by atoms with van der Waals surface area (Å²) < 4.78 is 4.79. The van der Waals surface area contributed by atoms with Crippen LogP contribution in [0, 0.1) is 5.41 Å². The smallest absolute Gasteiger partial charge is 0.307 e. The third-order valence-corrected chi connectivity index (χ3v) is 3.63. The number of carbonyl (C=O) groups is 2. The zero-order valence-corrected chi connectivity index (χ0v) is 15.3. The second kappa shape index (κ2) is 10.4. The lowest BCUT2D eigenvalue weighted by atomic mass is 10.0. The highest BCUT2D eigenvalue weighted by Crippen LogP contribution is 2.19. The number of oxime groups is 1. The maximum atomic E-state index is 11.9. The standard InChI is InChI=1S/C17H22N4O4.ClH/c1-2-24-16(23)7-8-20-15(22)10-13-9-14(21-25-13)11-3-5-12(6-4-11)17(18)19;/h3-6,13H,2,7-10H2,1H3,(H3,18,19)(H,20,22);1H. The molecule has 0 saturated carbocycles. The van der Waals surface area contributed by atoms with Gasteiger partial charge in [-0.1, -0.05) is 29.4 Å². The molecule has 1 aromatic carbocycles. The molecule has 1 aliphatic heterocycles. The Bertz CT molecular complexity index is 676. The molecule has 0 bridgehead atoms. The quantitative estimate of drug-likeness (QED) is 0.355. The number of esters is 1. The van der Waals surface area contributed by atoms with Crippen LogP contribution in [0.2, 0.25) is 0 Å². The third-order valence-electron chi connectivity index (χ3n) is 3.63. The molecule has 8 nitrogen and oxygen atoms in total. The van der Waals surface area contributed by atoms with E-state index in [9.17, 15) is 9.59 Å². The fraction of sp³-hybridized carbons (Fsp3) is 0.412. The van der Waals surface area contributed by atoms with Crippen LogP contribution in [0.5, 0.6) is 0 Å². The van der Waals surface area contributed by atoms with E-state index in [1.807, 2.05) is 12.1 Å². The number of benzene rings is 1. The molecule has 26 heavy (non-hydrogen) atoms. The highest BCUT2D eigenvalue weighted by Gasteiger charge is 2.24. The Morgan fingerprint density at radius 3 is 2.69 bits per heavy atom. The molecule has 1 amide bonds. The van der Waals surface area contributed by atoms with Crippen LogP contribution < -0.4 is 11.1 Å². The van der Waals surface area contributed by atoms with Crippen LogP contribution in [0.25, 0.3) is 0 Å². The molecule has 4 N–H and O–H groups in total. The molecular weight excluding hydrogens is 360 g/mol. The summed E-state index contributed by atoms with van der Waals surface area (Å²) in [5, 5.41) is 14.1. The number of rotatable bonds is 8. The van der Waals surface area contributed by atoms with Crippen LogP contribution in [0.4, 0.5) is 0 Å². The lowest BCUT2D eigenvalue weighted by Gasteiger charge is -2.09. The lowest BCUT2D eigenvalue weighted by molar-refractivity contribution is -0.143. The van der Waals surface area contributed by atoms with Crippen molar-refractivity contribution in [3.63, 3.8) is 0 Å². The van der Waals surface area contributed by atoms with Crippen LogP contribution in [0.15, 0.2) is 29.4 Å². The Morgan fingerprint density at radius 2 is 2.08 bits per heavy atom. The molecule has 1 heterocycles. The molecule has 142 valence electrons. The average Bonchev–Trinajstić information content (AvgIpc) is 3.03. The molecule has 0 aromatic heterocycles. The predicted octanol–water partition coefficient (Wildman–Crippen LogP) is 1.34. The Balaban J connectivity index is 0.00000338. The van der Waals surface area contributed by atoms with Gasteiger partial charge in [-0.25, -0.2) is 0 Å². The number of nitrogens with one attached hydrogen (secondary N) is 2. The molecule has 1 unspecified atom stereocenters. The van der Waals surface area contributed by atoms with Gasteiger partial charge in [0.15, 0.2) is 0 Å². The van der Waals surface area contributed by atoms with E-state index in [0.717, 1.165) is 11.3 Å². The average molecular weight is 383 g/mol. The summed E-state index contributed by atoms with van der Waals surface area (Å²) in [5.74, 6) is -0.522. The van der Waals surface area contributed by atoms with Crippen molar-refractivity contribution < 1.29 is 19.2 Å². The minimum Gasteiger partial charge on any atom is -0.466 e. The van der Waals surface area contributed by atoms with Crippen molar-refractivity contribution in [2.24, 2.45) is 10.9 Å². The van der Waals surface area contributed by atoms with E-state index < -0.39 is 0 Å². The van der Waals surface area contributed by atoms with Gasteiger partial charge < -0.3 is 20.6 Å². The van der Waals surface area contributed by atoms with Crippen LogP contribution in [-0.2, 0) is 19.2 Å². The highest BCUT2D eigenvalue weighted by atomic mass is 35.5. The normalized spacial score (nSPS) is 15.3. The first-order valence-electron chi connectivity index (χ1n) is 8.09.